The standard InChI is InChI=1S/C15H12FN3O2/c1-18-15(20)21-9-10-2-5-14(19-8-10)11-3-4-12(7-17)13(16)6-11/h2-6,8H,9H2,1H3,(H,18,20). The van der Waals surface area contributed by atoms with Gasteiger partial charge in [0.1, 0.15) is 18.5 Å². The summed E-state index contributed by atoms with van der Waals surface area (Å²) in [7, 11) is 1.48. The number of hydrogen-bond acceptors (Lipinski definition) is 4. The van der Waals surface area contributed by atoms with Gasteiger partial charge in [0.15, 0.2) is 0 Å². The third-order valence-corrected chi connectivity index (χ3v) is 2.78. The highest BCUT2D eigenvalue weighted by Crippen LogP contribution is 2.20. The molecule has 0 saturated carbocycles. The van der Waals surface area contributed by atoms with Crippen LogP contribution in [0.15, 0.2) is 36.5 Å². The van der Waals surface area contributed by atoms with Gasteiger partial charge in [0.2, 0.25) is 0 Å². The molecular weight excluding hydrogens is 273 g/mol. The fourth-order valence-corrected chi connectivity index (χ4v) is 1.67. The Morgan fingerprint density at radius 1 is 1.43 bits per heavy atom. The average molecular weight is 285 g/mol. The van der Waals surface area contributed by atoms with Crippen molar-refractivity contribution in [2.24, 2.45) is 0 Å². The quantitative estimate of drug-likeness (QED) is 0.940. The van der Waals surface area contributed by atoms with Crippen LogP contribution >= 0.6 is 0 Å². The summed E-state index contributed by atoms with van der Waals surface area (Å²) in [4.78, 5) is 15.1. The van der Waals surface area contributed by atoms with Crippen molar-refractivity contribution in [3.63, 3.8) is 0 Å². The zero-order valence-electron chi connectivity index (χ0n) is 11.3. The molecule has 0 unspecified atom stereocenters. The maximum atomic E-state index is 13.5. The number of carbonyl (C=O) groups is 1. The van der Waals surface area contributed by atoms with E-state index in [1.807, 2.05) is 0 Å². The van der Waals surface area contributed by atoms with Crippen LogP contribution in [0.2, 0.25) is 0 Å². The number of nitriles is 1. The van der Waals surface area contributed by atoms with E-state index in [1.165, 1.54) is 19.2 Å². The number of carbonyl (C=O) groups excluding carboxylic acids is 1. The number of nitrogens with one attached hydrogen (secondary N) is 1. The van der Waals surface area contributed by atoms with Crippen LogP contribution in [0.25, 0.3) is 11.3 Å². The van der Waals surface area contributed by atoms with Gasteiger partial charge in [-0.25, -0.2) is 9.18 Å². The summed E-state index contributed by atoms with van der Waals surface area (Å²) in [6, 6.07) is 9.51. The summed E-state index contributed by atoms with van der Waals surface area (Å²) in [5.41, 5.74) is 1.86. The normalized spacial score (nSPS) is 9.76. The first-order chi connectivity index (χ1) is 10.1. The lowest BCUT2D eigenvalue weighted by molar-refractivity contribution is 0.142. The van der Waals surface area contributed by atoms with Crippen molar-refractivity contribution in [3.05, 3.63) is 53.5 Å². The molecule has 0 aliphatic heterocycles. The highest BCUT2D eigenvalue weighted by Gasteiger charge is 2.06. The molecule has 0 spiro atoms. The Morgan fingerprint density at radius 2 is 2.24 bits per heavy atom. The molecule has 1 aromatic heterocycles. The second-order valence-corrected chi connectivity index (χ2v) is 4.18. The first kappa shape index (κ1) is 14.5. The molecule has 1 heterocycles. The summed E-state index contributed by atoms with van der Waals surface area (Å²) < 4.78 is 18.4. The van der Waals surface area contributed by atoms with Gasteiger partial charge in [-0.1, -0.05) is 12.1 Å². The van der Waals surface area contributed by atoms with Crippen LogP contribution in [0, 0.1) is 17.1 Å². The summed E-state index contributed by atoms with van der Waals surface area (Å²) in [6.45, 7) is 0.106. The smallest absolute Gasteiger partial charge is 0.407 e. The molecule has 1 aromatic carbocycles. The maximum absolute atomic E-state index is 13.5. The van der Waals surface area contributed by atoms with Crippen molar-refractivity contribution >= 4 is 6.09 Å². The molecule has 0 aliphatic rings. The molecule has 21 heavy (non-hydrogen) atoms. The van der Waals surface area contributed by atoms with E-state index >= 15 is 0 Å². The van der Waals surface area contributed by atoms with E-state index in [4.69, 9.17) is 10.00 Å². The number of pyridine rings is 1. The summed E-state index contributed by atoms with van der Waals surface area (Å²) in [6.07, 6.45) is 1.03. The molecule has 0 atom stereocenters. The number of benzene rings is 1. The van der Waals surface area contributed by atoms with Gasteiger partial charge in [0.25, 0.3) is 0 Å². The van der Waals surface area contributed by atoms with Crippen molar-refractivity contribution in [2.45, 2.75) is 6.61 Å². The number of ether oxygens (including phenoxy) is 1. The fraction of sp³-hybridized carbons (Fsp3) is 0.133. The van der Waals surface area contributed by atoms with Crippen molar-refractivity contribution in [1.82, 2.24) is 10.3 Å². The number of halogens is 1. The van der Waals surface area contributed by atoms with Crippen LogP contribution in [-0.2, 0) is 11.3 Å². The van der Waals surface area contributed by atoms with E-state index in [0.29, 0.717) is 11.3 Å². The number of nitrogens with zero attached hydrogens (tertiary/aromatic N) is 2. The molecule has 2 aromatic rings. The Labute approximate surface area is 121 Å². The second-order valence-electron chi connectivity index (χ2n) is 4.18. The lowest BCUT2D eigenvalue weighted by Gasteiger charge is -2.05. The van der Waals surface area contributed by atoms with Gasteiger partial charge in [-0.05, 0) is 18.2 Å². The molecule has 1 N–H and O–H groups in total. The molecule has 0 radical (unpaired) electrons. The van der Waals surface area contributed by atoms with Crippen molar-refractivity contribution < 1.29 is 13.9 Å². The fourth-order valence-electron chi connectivity index (χ4n) is 1.67. The molecule has 1 amide bonds. The van der Waals surface area contributed by atoms with Gasteiger partial charge < -0.3 is 10.1 Å². The van der Waals surface area contributed by atoms with Crippen LogP contribution in [0.4, 0.5) is 9.18 Å². The van der Waals surface area contributed by atoms with E-state index in [0.717, 1.165) is 5.56 Å². The third kappa shape index (κ3) is 3.54. The van der Waals surface area contributed by atoms with E-state index in [-0.39, 0.29) is 12.2 Å². The number of alkyl carbamates (subject to hydrolysis) is 1. The van der Waals surface area contributed by atoms with Crippen molar-refractivity contribution in [2.75, 3.05) is 7.05 Å². The highest BCUT2D eigenvalue weighted by molar-refractivity contribution is 5.66. The van der Waals surface area contributed by atoms with Crippen LogP contribution in [0.1, 0.15) is 11.1 Å². The minimum atomic E-state index is -0.580. The first-order valence-electron chi connectivity index (χ1n) is 6.13. The largest absolute Gasteiger partial charge is 0.445 e. The maximum Gasteiger partial charge on any atom is 0.407 e. The van der Waals surface area contributed by atoms with E-state index in [1.54, 1.807) is 30.5 Å². The van der Waals surface area contributed by atoms with Gasteiger partial charge in [-0.2, -0.15) is 5.26 Å². The molecule has 0 saturated heterocycles. The lowest BCUT2D eigenvalue weighted by Crippen LogP contribution is -2.18. The topological polar surface area (TPSA) is 75.0 Å². The predicted octanol–water partition coefficient (Wildman–Crippen LogP) is 2.62. The van der Waals surface area contributed by atoms with Gasteiger partial charge in [-0.15, -0.1) is 0 Å². The van der Waals surface area contributed by atoms with Gasteiger partial charge in [0.05, 0.1) is 11.3 Å². The average Bonchev–Trinajstić information content (AvgIpc) is 2.53. The number of amides is 1. The molecule has 0 aliphatic carbocycles. The lowest BCUT2D eigenvalue weighted by atomic mass is 10.1. The SMILES string of the molecule is CNC(=O)OCc1ccc(-c2ccc(C#N)c(F)c2)nc1. The molecule has 106 valence electrons. The summed E-state index contributed by atoms with van der Waals surface area (Å²) in [5, 5.41) is 11.0. The number of hydrogen-bond donors (Lipinski definition) is 1. The van der Waals surface area contributed by atoms with Gasteiger partial charge in [0, 0.05) is 24.4 Å². The molecule has 5 nitrogen and oxygen atoms in total. The Kier molecular flexibility index (Phi) is 4.46. The van der Waals surface area contributed by atoms with Crippen LogP contribution in [-0.4, -0.2) is 18.1 Å². The molecule has 0 bridgehead atoms. The van der Waals surface area contributed by atoms with Gasteiger partial charge >= 0.3 is 6.09 Å². The predicted molar refractivity (Wildman–Crippen MR) is 73.6 cm³/mol. The summed E-state index contributed by atoms with van der Waals surface area (Å²) in [5.74, 6) is -0.580. The summed E-state index contributed by atoms with van der Waals surface area (Å²) >= 11 is 0. The molecular formula is C15H12FN3O2. The van der Waals surface area contributed by atoms with E-state index < -0.39 is 11.9 Å². The molecule has 0 fully saturated rings. The minimum Gasteiger partial charge on any atom is -0.445 e. The second kappa shape index (κ2) is 6.48. The third-order valence-electron chi connectivity index (χ3n) is 2.78. The zero-order chi connectivity index (χ0) is 15.2. The Hall–Kier alpha value is -2.94. The van der Waals surface area contributed by atoms with Crippen LogP contribution < -0.4 is 5.32 Å². The van der Waals surface area contributed by atoms with E-state index in [9.17, 15) is 9.18 Å². The van der Waals surface area contributed by atoms with Crippen LogP contribution in [0.3, 0.4) is 0 Å². The first-order valence-corrected chi connectivity index (χ1v) is 6.13. The highest BCUT2D eigenvalue weighted by atomic mass is 19.1. The monoisotopic (exact) mass is 285 g/mol. The molecule has 2 rings (SSSR count). The number of rotatable bonds is 3. The zero-order valence-corrected chi connectivity index (χ0v) is 11.3. The van der Waals surface area contributed by atoms with Crippen LogP contribution in [0.5, 0.6) is 0 Å². The Balaban J connectivity index is 2.14. The Morgan fingerprint density at radius 3 is 2.81 bits per heavy atom. The van der Waals surface area contributed by atoms with Crippen molar-refractivity contribution in [3.8, 4) is 17.3 Å². The molecule has 6 heteroatoms. The van der Waals surface area contributed by atoms with Gasteiger partial charge in [-0.3, -0.25) is 4.98 Å². The minimum absolute atomic E-state index is 0.00523. The number of aromatic nitrogens is 1. The Bertz CT molecular complexity index is 693. The van der Waals surface area contributed by atoms with E-state index in [2.05, 4.69) is 10.3 Å². The van der Waals surface area contributed by atoms with Crippen molar-refractivity contribution in [1.29, 1.82) is 5.26 Å².